The summed E-state index contributed by atoms with van der Waals surface area (Å²) in [6, 6.07) is 2.03. The van der Waals surface area contributed by atoms with E-state index < -0.39 is 11.7 Å². The Morgan fingerprint density at radius 1 is 1.32 bits per heavy atom. The molecule has 136 valence electrons. The van der Waals surface area contributed by atoms with Gasteiger partial charge in [-0.1, -0.05) is 5.92 Å². The topological polar surface area (TPSA) is 53.6 Å². The lowest BCUT2D eigenvalue weighted by Gasteiger charge is -2.28. The molecule has 2 N–H and O–H groups in total. The van der Waals surface area contributed by atoms with Gasteiger partial charge in [0.05, 0.1) is 0 Å². The Hall–Kier alpha value is -2.03. The van der Waals surface area contributed by atoms with Crippen LogP contribution in [0.5, 0.6) is 0 Å². The highest BCUT2D eigenvalue weighted by atomic mass is 16.6. The SMILES string of the molecule is C#Cc1c(C)c(CN2CCNCC2)cc(NC(=O)OC(C)(C)C)c1C. The third-order valence-corrected chi connectivity index (χ3v) is 4.34. The first-order valence-corrected chi connectivity index (χ1v) is 8.74. The molecule has 1 aliphatic heterocycles. The van der Waals surface area contributed by atoms with Crippen LogP contribution in [0.15, 0.2) is 6.07 Å². The maximum Gasteiger partial charge on any atom is 0.412 e. The van der Waals surface area contributed by atoms with Crippen LogP contribution in [-0.4, -0.2) is 42.8 Å². The number of carbonyl (C=O) groups excluding carboxylic acids is 1. The van der Waals surface area contributed by atoms with E-state index >= 15 is 0 Å². The standard InChI is InChI=1S/C20H29N3O2/c1-7-17-14(2)16(13-23-10-8-21-9-11-23)12-18(15(17)3)22-19(24)25-20(4,5)6/h1,12,21H,8-11,13H2,2-6H3,(H,22,24). The largest absolute Gasteiger partial charge is 0.444 e. The molecule has 1 saturated heterocycles. The van der Waals surface area contributed by atoms with Crippen LogP contribution in [0.3, 0.4) is 0 Å². The second-order valence-electron chi connectivity index (χ2n) is 7.51. The predicted molar refractivity (Wildman–Crippen MR) is 102 cm³/mol. The molecule has 0 aromatic heterocycles. The van der Waals surface area contributed by atoms with Crippen LogP contribution in [0.2, 0.25) is 0 Å². The first-order chi connectivity index (χ1) is 11.7. The van der Waals surface area contributed by atoms with E-state index in [0.717, 1.165) is 60.7 Å². The van der Waals surface area contributed by atoms with Crippen molar-refractivity contribution in [3.8, 4) is 12.3 Å². The normalized spacial score (nSPS) is 15.5. The number of rotatable bonds is 3. The molecule has 0 radical (unpaired) electrons. The van der Waals surface area contributed by atoms with Gasteiger partial charge < -0.3 is 10.1 Å². The second kappa shape index (κ2) is 7.90. The zero-order valence-electron chi connectivity index (χ0n) is 16.0. The Morgan fingerprint density at radius 3 is 2.52 bits per heavy atom. The van der Waals surface area contributed by atoms with Crippen LogP contribution in [0, 0.1) is 26.2 Å². The van der Waals surface area contributed by atoms with Crippen molar-refractivity contribution in [3.63, 3.8) is 0 Å². The molecule has 1 amide bonds. The van der Waals surface area contributed by atoms with Gasteiger partial charge in [0.15, 0.2) is 0 Å². The zero-order valence-corrected chi connectivity index (χ0v) is 16.0. The van der Waals surface area contributed by atoms with Crippen LogP contribution in [0.1, 0.15) is 43.0 Å². The molecule has 5 nitrogen and oxygen atoms in total. The lowest BCUT2D eigenvalue weighted by atomic mass is 9.95. The van der Waals surface area contributed by atoms with E-state index in [1.807, 2.05) is 33.8 Å². The number of amides is 1. The van der Waals surface area contributed by atoms with Crippen molar-refractivity contribution in [2.75, 3.05) is 31.5 Å². The highest BCUT2D eigenvalue weighted by molar-refractivity contribution is 5.87. The van der Waals surface area contributed by atoms with E-state index in [2.05, 4.69) is 28.4 Å². The third kappa shape index (κ3) is 5.22. The molecule has 1 aromatic carbocycles. The zero-order chi connectivity index (χ0) is 18.6. The first kappa shape index (κ1) is 19.3. The van der Waals surface area contributed by atoms with Crippen LogP contribution in [0.4, 0.5) is 10.5 Å². The minimum absolute atomic E-state index is 0.462. The molecule has 1 heterocycles. The van der Waals surface area contributed by atoms with Gasteiger partial charge in [-0.2, -0.15) is 0 Å². The number of ether oxygens (including phenoxy) is 1. The molecule has 0 atom stereocenters. The summed E-state index contributed by atoms with van der Waals surface area (Å²) >= 11 is 0. The van der Waals surface area contributed by atoms with Gasteiger partial charge in [0.25, 0.3) is 0 Å². The van der Waals surface area contributed by atoms with E-state index in [1.54, 1.807) is 0 Å². The smallest absolute Gasteiger partial charge is 0.412 e. The summed E-state index contributed by atoms with van der Waals surface area (Å²) in [5.74, 6) is 2.78. The lowest BCUT2D eigenvalue weighted by molar-refractivity contribution is 0.0636. The summed E-state index contributed by atoms with van der Waals surface area (Å²) < 4.78 is 5.37. The molecule has 1 aliphatic rings. The van der Waals surface area contributed by atoms with Crippen molar-refractivity contribution < 1.29 is 9.53 Å². The fraction of sp³-hybridized carbons (Fsp3) is 0.550. The summed E-state index contributed by atoms with van der Waals surface area (Å²) in [5, 5.41) is 6.22. The van der Waals surface area contributed by atoms with E-state index in [1.165, 1.54) is 0 Å². The highest BCUT2D eigenvalue weighted by Gasteiger charge is 2.20. The summed E-state index contributed by atoms with van der Waals surface area (Å²) in [6.07, 6.45) is 5.27. The highest BCUT2D eigenvalue weighted by Crippen LogP contribution is 2.27. The van der Waals surface area contributed by atoms with E-state index in [0.29, 0.717) is 0 Å². The molecular weight excluding hydrogens is 314 g/mol. The quantitative estimate of drug-likeness (QED) is 0.829. The van der Waals surface area contributed by atoms with Gasteiger partial charge >= 0.3 is 6.09 Å². The molecule has 1 aromatic rings. The minimum atomic E-state index is -0.540. The second-order valence-corrected chi connectivity index (χ2v) is 7.51. The van der Waals surface area contributed by atoms with Crippen molar-refractivity contribution in [3.05, 3.63) is 28.3 Å². The van der Waals surface area contributed by atoms with Crippen molar-refractivity contribution in [2.24, 2.45) is 0 Å². The number of anilines is 1. The number of nitrogens with one attached hydrogen (secondary N) is 2. The monoisotopic (exact) mass is 343 g/mol. The van der Waals surface area contributed by atoms with Crippen molar-refractivity contribution in [1.82, 2.24) is 10.2 Å². The van der Waals surface area contributed by atoms with Crippen LogP contribution < -0.4 is 10.6 Å². The Morgan fingerprint density at radius 2 is 1.96 bits per heavy atom. The fourth-order valence-electron chi connectivity index (χ4n) is 3.00. The molecule has 25 heavy (non-hydrogen) atoms. The van der Waals surface area contributed by atoms with E-state index in [-0.39, 0.29) is 0 Å². The number of piperazine rings is 1. The first-order valence-electron chi connectivity index (χ1n) is 8.74. The lowest BCUT2D eigenvalue weighted by Crippen LogP contribution is -2.43. The Bertz CT molecular complexity index is 678. The molecule has 1 fully saturated rings. The number of nitrogens with zero attached hydrogens (tertiary/aromatic N) is 1. The minimum Gasteiger partial charge on any atom is -0.444 e. The summed E-state index contributed by atoms with van der Waals surface area (Å²) in [5.41, 5.74) is 4.17. The summed E-state index contributed by atoms with van der Waals surface area (Å²) in [4.78, 5) is 14.6. The third-order valence-electron chi connectivity index (χ3n) is 4.34. The summed E-state index contributed by atoms with van der Waals surface area (Å²) in [6.45, 7) is 14.4. The van der Waals surface area contributed by atoms with Gasteiger partial charge in [-0.05, 0) is 57.4 Å². The van der Waals surface area contributed by atoms with Crippen molar-refractivity contribution in [2.45, 2.75) is 46.8 Å². The molecule has 5 heteroatoms. The molecule has 0 aliphatic carbocycles. The molecule has 0 unspecified atom stereocenters. The number of carbonyl (C=O) groups is 1. The van der Waals surface area contributed by atoms with Crippen molar-refractivity contribution >= 4 is 11.8 Å². The number of terminal acetylenes is 1. The predicted octanol–water partition coefficient (Wildman–Crippen LogP) is 3.04. The van der Waals surface area contributed by atoms with Crippen molar-refractivity contribution in [1.29, 1.82) is 0 Å². The average molecular weight is 343 g/mol. The van der Waals surface area contributed by atoms with Gasteiger partial charge in [0.2, 0.25) is 0 Å². The molecular formula is C20H29N3O2. The van der Waals surface area contributed by atoms with Crippen LogP contribution >= 0.6 is 0 Å². The Labute approximate surface area is 151 Å². The Balaban J connectivity index is 2.28. The van der Waals surface area contributed by atoms with Crippen LogP contribution in [0.25, 0.3) is 0 Å². The maximum atomic E-state index is 12.2. The molecule has 0 saturated carbocycles. The van der Waals surface area contributed by atoms with Crippen LogP contribution in [-0.2, 0) is 11.3 Å². The number of hydrogen-bond acceptors (Lipinski definition) is 4. The van der Waals surface area contributed by atoms with Gasteiger partial charge in [-0.3, -0.25) is 10.2 Å². The summed E-state index contributed by atoms with van der Waals surface area (Å²) in [7, 11) is 0. The molecule has 2 rings (SSSR count). The molecule has 0 spiro atoms. The van der Waals surface area contributed by atoms with Gasteiger partial charge in [0, 0.05) is 44.0 Å². The van der Waals surface area contributed by atoms with E-state index in [4.69, 9.17) is 11.2 Å². The van der Waals surface area contributed by atoms with Gasteiger partial charge in [-0.15, -0.1) is 6.42 Å². The Kier molecular flexibility index (Phi) is 6.10. The number of hydrogen-bond donors (Lipinski definition) is 2. The average Bonchev–Trinajstić information content (AvgIpc) is 2.52. The van der Waals surface area contributed by atoms with Gasteiger partial charge in [0.1, 0.15) is 5.60 Å². The fourth-order valence-corrected chi connectivity index (χ4v) is 3.00. The maximum absolute atomic E-state index is 12.2. The molecule has 0 bridgehead atoms. The van der Waals surface area contributed by atoms with Gasteiger partial charge in [-0.25, -0.2) is 4.79 Å². The number of benzene rings is 1. The van der Waals surface area contributed by atoms with E-state index in [9.17, 15) is 4.79 Å².